The number of carbonyl (C=O) groups excluding carboxylic acids is 1. The number of hydrogen-bond donors (Lipinski definition) is 2. The molecule has 0 saturated carbocycles. The Balaban J connectivity index is 1.29. The average molecular weight is 383 g/mol. The summed E-state index contributed by atoms with van der Waals surface area (Å²) in [5, 5.41) is 19.0. The first-order valence-electron chi connectivity index (χ1n) is 9.74. The molecule has 3 aromatic rings. The SMILES string of the molecule is O=C(CCc1nnc2ccc(NCc3ccco3)nn12)NCCN1CCCC1. The second kappa shape index (κ2) is 8.83. The Labute approximate surface area is 163 Å². The van der Waals surface area contributed by atoms with Gasteiger partial charge in [0.05, 0.1) is 12.8 Å². The fraction of sp³-hybridized carbons (Fsp3) is 0.474. The van der Waals surface area contributed by atoms with E-state index in [-0.39, 0.29) is 5.91 Å². The van der Waals surface area contributed by atoms with E-state index < -0.39 is 0 Å². The lowest BCUT2D eigenvalue weighted by Gasteiger charge is -2.14. The summed E-state index contributed by atoms with van der Waals surface area (Å²) in [4.78, 5) is 14.5. The van der Waals surface area contributed by atoms with Gasteiger partial charge in [-0.1, -0.05) is 0 Å². The normalized spacial score (nSPS) is 14.6. The van der Waals surface area contributed by atoms with Gasteiger partial charge in [-0.2, -0.15) is 4.52 Å². The zero-order valence-corrected chi connectivity index (χ0v) is 15.8. The van der Waals surface area contributed by atoms with E-state index in [9.17, 15) is 4.79 Å². The van der Waals surface area contributed by atoms with Crippen molar-refractivity contribution in [3.8, 4) is 0 Å². The van der Waals surface area contributed by atoms with Crippen LogP contribution in [0.25, 0.3) is 5.65 Å². The highest BCUT2D eigenvalue weighted by molar-refractivity contribution is 5.76. The van der Waals surface area contributed by atoms with Gasteiger partial charge in [-0.25, -0.2) is 0 Å². The number of aryl methyl sites for hydroxylation is 1. The van der Waals surface area contributed by atoms with E-state index in [4.69, 9.17) is 4.42 Å². The van der Waals surface area contributed by atoms with Crippen LogP contribution in [0.2, 0.25) is 0 Å². The highest BCUT2D eigenvalue weighted by Gasteiger charge is 2.13. The van der Waals surface area contributed by atoms with Crippen molar-refractivity contribution in [2.45, 2.75) is 32.2 Å². The average Bonchev–Trinajstić information content (AvgIpc) is 3.46. The van der Waals surface area contributed by atoms with Gasteiger partial charge >= 0.3 is 0 Å². The molecule has 1 saturated heterocycles. The fourth-order valence-corrected chi connectivity index (χ4v) is 3.35. The van der Waals surface area contributed by atoms with Crippen LogP contribution in [0.3, 0.4) is 0 Å². The van der Waals surface area contributed by atoms with Crippen molar-refractivity contribution in [1.29, 1.82) is 0 Å². The molecule has 0 atom stereocenters. The largest absolute Gasteiger partial charge is 0.467 e. The van der Waals surface area contributed by atoms with Crippen LogP contribution in [0.5, 0.6) is 0 Å². The molecular formula is C19H25N7O2. The van der Waals surface area contributed by atoms with E-state index in [2.05, 4.69) is 30.8 Å². The van der Waals surface area contributed by atoms with Crippen LogP contribution in [0.15, 0.2) is 34.9 Å². The van der Waals surface area contributed by atoms with Crippen molar-refractivity contribution in [2.24, 2.45) is 0 Å². The third-order valence-corrected chi connectivity index (χ3v) is 4.88. The molecule has 28 heavy (non-hydrogen) atoms. The lowest BCUT2D eigenvalue weighted by atomic mass is 10.3. The minimum Gasteiger partial charge on any atom is -0.467 e. The van der Waals surface area contributed by atoms with Gasteiger partial charge in [-0.3, -0.25) is 4.79 Å². The van der Waals surface area contributed by atoms with Crippen LogP contribution in [0.4, 0.5) is 5.82 Å². The number of rotatable bonds is 9. The Morgan fingerprint density at radius 1 is 1.18 bits per heavy atom. The van der Waals surface area contributed by atoms with Gasteiger partial charge in [-0.15, -0.1) is 15.3 Å². The van der Waals surface area contributed by atoms with Crippen molar-refractivity contribution >= 4 is 17.4 Å². The number of anilines is 1. The smallest absolute Gasteiger partial charge is 0.220 e. The van der Waals surface area contributed by atoms with Crippen LogP contribution in [0.1, 0.15) is 30.8 Å². The topological polar surface area (TPSA) is 101 Å². The van der Waals surface area contributed by atoms with E-state index in [1.807, 2.05) is 24.3 Å². The second-order valence-electron chi connectivity index (χ2n) is 6.94. The molecule has 2 N–H and O–H groups in total. The van der Waals surface area contributed by atoms with E-state index >= 15 is 0 Å². The maximum atomic E-state index is 12.1. The Morgan fingerprint density at radius 3 is 2.89 bits per heavy atom. The molecule has 148 valence electrons. The number of fused-ring (bicyclic) bond motifs is 1. The predicted octanol–water partition coefficient (Wildman–Crippen LogP) is 1.47. The maximum absolute atomic E-state index is 12.1. The summed E-state index contributed by atoms with van der Waals surface area (Å²) in [6.07, 6.45) is 5.03. The lowest BCUT2D eigenvalue weighted by Crippen LogP contribution is -2.33. The van der Waals surface area contributed by atoms with Gasteiger partial charge in [0.25, 0.3) is 0 Å². The molecule has 9 nitrogen and oxygen atoms in total. The monoisotopic (exact) mass is 383 g/mol. The number of amides is 1. The molecule has 0 unspecified atom stereocenters. The summed E-state index contributed by atoms with van der Waals surface area (Å²) in [5.74, 6) is 2.23. The van der Waals surface area contributed by atoms with E-state index in [1.54, 1.807) is 10.8 Å². The Morgan fingerprint density at radius 2 is 2.07 bits per heavy atom. The number of hydrogen-bond acceptors (Lipinski definition) is 7. The highest BCUT2D eigenvalue weighted by atomic mass is 16.3. The van der Waals surface area contributed by atoms with Crippen molar-refractivity contribution in [1.82, 2.24) is 30.0 Å². The molecule has 9 heteroatoms. The third-order valence-electron chi connectivity index (χ3n) is 4.88. The number of nitrogens with zero attached hydrogens (tertiary/aromatic N) is 5. The summed E-state index contributed by atoms with van der Waals surface area (Å²) in [6, 6.07) is 7.45. The molecule has 1 aliphatic rings. The molecular weight excluding hydrogens is 358 g/mol. The van der Waals surface area contributed by atoms with E-state index in [1.165, 1.54) is 12.8 Å². The first-order chi connectivity index (χ1) is 13.8. The third kappa shape index (κ3) is 4.66. The van der Waals surface area contributed by atoms with Gasteiger partial charge in [0.2, 0.25) is 5.91 Å². The van der Waals surface area contributed by atoms with Crippen LogP contribution in [-0.2, 0) is 17.8 Å². The fourth-order valence-electron chi connectivity index (χ4n) is 3.35. The Hall–Kier alpha value is -2.94. The molecule has 4 rings (SSSR count). The summed E-state index contributed by atoms with van der Waals surface area (Å²) in [5.41, 5.74) is 0.660. The molecule has 0 radical (unpaired) electrons. The quantitative estimate of drug-likeness (QED) is 0.577. The van der Waals surface area contributed by atoms with Crippen molar-refractivity contribution in [3.05, 3.63) is 42.1 Å². The van der Waals surface area contributed by atoms with Crippen LogP contribution < -0.4 is 10.6 Å². The van der Waals surface area contributed by atoms with Gasteiger partial charge < -0.3 is 20.0 Å². The minimum absolute atomic E-state index is 0.0306. The zero-order chi connectivity index (χ0) is 19.2. The van der Waals surface area contributed by atoms with Gasteiger partial charge in [0, 0.05) is 25.9 Å². The number of furan rings is 1. The number of carbonyl (C=O) groups is 1. The molecule has 1 fully saturated rings. The second-order valence-corrected chi connectivity index (χ2v) is 6.94. The lowest BCUT2D eigenvalue weighted by molar-refractivity contribution is -0.121. The first-order valence-corrected chi connectivity index (χ1v) is 9.74. The molecule has 0 aliphatic carbocycles. The zero-order valence-electron chi connectivity index (χ0n) is 15.8. The molecule has 3 aromatic heterocycles. The Bertz CT molecular complexity index is 900. The Kier molecular flexibility index (Phi) is 5.81. The van der Waals surface area contributed by atoms with Crippen molar-refractivity contribution in [2.75, 3.05) is 31.5 Å². The standard InChI is InChI=1S/C19H25N7O2/c27-19(20-9-12-25-10-1-2-11-25)8-7-18-23-22-17-6-5-16(24-26(17)18)21-14-15-4-3-13-28-15/h3-6,13H,1-2,7-12,14H2,(H,20,27)(H,21,24). The maximum Gasteiger partial charge on any atom is 0.220 e. The van der Waals surface area contributed by atoms with E-state index in [0.717, 1.165) is 25.4 Å². The van der Waals surface area contributed by atoms with Crippen LogP contribution in [-0.4, -0.2) is 56.8 Å². The first kappa shape index (κ1) is 18.4. The summed E-state index contributed by atoms with van der Waals surface area (Å²) < 4.78 is 6.99. The van der Waals surface area contributed by atoms with E-state index in [0.29, 0.717) is 43.2 Å². The summed E-state index contributed by atoms with van der Waals surface area (Å²) in [6.45, 7) is 4.44. The predicted molar refractivity (Wildman–Crippen MR) is 104 cm³/mol. The van der Waals surface area contributed by atoms with Crippen LogP contribution >= 0.6 is 0 Å². The van der Waals surface area contributed by atoms with Gasteiger partial charge in [0.15, 0.2) is 11.5 Å². The molecule has 1 amide bonds. The number of aromatic nitrogens is 4. The molecule has 1 aliphatic heterocycles. The highest BCUT2D eigenvalue weighted by Crippen LogP contribution is 2.10. The number of likely N-dealkylation sites (tertiary alicyclic amines) is 1. The molecule has 0 aromatic carbocycles. The van der Waals surface area contributed by atoms with Gasteiger partial charge in [0.1, 0.15) is 11.6 Å². The molecule has 4 heterocycles. The minimum atomic E-state index is 0.0306. The number of nitrogens with one attached hydrogen (secondary N) is 2. The molecule has 0 spiro atoms. The van der Waals surface area contributed by atoms with Crippen LogP contribution in [0, 0.1) is 0 Å². The van der Waals surface area contributed by atoms with Crippen molar-refractivity contribution in [3.63, 3.8) is 0 Å². The molecule has 0 bridgehead atoms. The summed E-state index contributed by atoms with van der Waals surface area (Å²) in [7, 11) is 0. The summed E-state index contributed by atoms with van der Waals surface area (Å²) >= 11 is 0. The van der Waals surface area contributed by atoms with Crippen molar-refractivity contribution < 1.29 is 9.21 Å². The van der Waals surface area contributed by atoms with Gasteiger partial charge in [-0.05, 0) is 50.2 Å².